The average Bonchev–Trinajstić information content (AvgIpc) is 2.39. The third-order valence-corrected chi connectivity index (χ3v) is 3.88. The number of methoxy groups -OCH3 is 1. The summed E-state index contributed by atoms with van der Waals surface area (Å²) in [5.41, 5.74) is 0.834. The number of hydrogen-bond donors (Lipinski definition) is 1. The van der Waals surface area contributed by atoms with Crippen LogP contribution in [0.2, 0.25) is 0 Å². The molecule has 0 saturated heterocycles. The zero-order chi connectivity index (χ0) is 14.3. The van der Waals surface area contributed by atoms with E-state index in [9.17, 15) is 4.39 Å². The Bertz CT molecular complexity index is 425. The highest BCUT2D eigenvalue weighted by Crippen LogP contribution is 2.28. The number of nitrogens with one attached hydrogen (secondary N) is 1. The van der Waals surface area contributed by atoms with Gasteiger partial charge in [-0.3, -0.25) is 0 Å². The number of rotatable bonds is 8. The van der Waals surface area contributed by atoms with Crippen LogP contribution in [0.25, 0.3) is 0 Å². The van der Waals surface area contributed by atoms with Crippen molar-refractivity contribution in [2.45, 2.75) is 13.3 Å². The fourth-order valence-corrected chi connectivity index (χ4v) is 2.26. The van der Waals surface area contributed by atoms with Gasteiger partial charge in [-0.25, -0.2) is 4.39 Å². The number of halogens is 2. The maximum absolute atomic E-state index is 13.3. The fraction of sp³-hybridized carbons (Fsp3) is 0.467. The molecule has 0 bridgehead atoms. The van der Waals surface area contributed by atoms with Crippen molar-refractivity contribution in [3.63, 3.8) is 0 Å². The van der Waals surface area contributed by atoms with Gasteiger partial charge < -0.3 is 10.1 Å². The molecule has 19 heavy (non-hydrogen) atoms. The van der Waals surface area contributed by atoms with E-state index in [0.717, 1.165) is 29.5 Å². The number of benzene rings is 1. The molecule has 0 fully saturated rings. The molecule has 0 aliphatic rings. The van der Waals surface area contributed by atoms with Crippen molar-refractivity contribution < 1.29 is 9.13 Å². The van der Waals surface area contributed by atoms with Gasteiger partial charge >= 0.3 is 0 Å². The Morgan fingerprint density at radius 1 is 1.53 bits per heavy atom. The van der Waals surface area contributed by atoms with Crippen LogP contribution in [0.4, 0.5) is 4.39 Å². The molecule has 0 heterocycles. The molecule has 4 heteroatoms. The lowest BCUT2D eigenvalue weighted by atomic mass is 9.83. The second-order valence-electron chi connectivity index (χ2n) is 4.94. The molecule has 1 aromatic carbocycles. The van der Waals surface area contributed by atoms with Gasteiger partial charge in [-0.1, -0.05) is 28.9 Å². The molecule has 0 aliphatic carbocycles. The van der Waals surface area contributed by atoms with E-state index in [-0.39, 0.29) is 11.2 Å². The predicted octanol–water partition coefficient (Wildman–Crippen LogP) is 3.56. The molecule has 2 nitrogen and oxygen atoms in total. The maximum atomic E-state index is 13.3. The van der Waals surface area contributed by atoms with Crippen molar-refractivity contribution in [2.24, 2.45) is 5.41 Å². The van der Waals surface area contributed by atoms with E-state index >= 15 is 0 Å². The van der Waals surface area contributed by atoms with E-state index in [1.165, 1.54) is 6.07 Å². The van der Waals surface area contributed by atoms with Crippen LogP contribution >= 0.6 is 15.9 Å². The van der Waals surface area contributed by atoms with Crippen LogP contribution in [0.3, 0.4) is 0 Å². The van der Waals surface area contributed by atoms with Crippen LogP contribution in [-0.2, 0) is 11.2 Å². The van der Waals surface area contributed by atoms with E-state index in [2.05, 4.69) is 34.7 Å². The SMILES string of the molecule is C=CC(C)(CNCCOC)Cc1cc(F)ccc1Br. The molecule has 0 saturated carbocycles. The first-order valence-electron chi connectivity index (χ1n) is 6.28. The van der Waals surface area contributed by atoms with Gasteiger partial charge in [0.2, 0.25) is 0 Å². The largest absolute Gasteiger partial charge is 0.383 e. The third kappa shape index (κ3) is 5.43. The molecule has 1 atom stereocenters. The molecule has 0 amide bonds. The Labute approximate surface area is 123 Å². The van der Waals surface area contributed by atoms with Crippen LogP contribution in [0, 0.1) is 11.2 Å². The lowest BCUT2D eigenvalue weighted by Crippen LogP contribution is -2.34. The van der Waals surface area contributed by atoms with Gasteiger partial charge in [-0.15, -0.1) is 6.58 Å². The summed E-state index contributed by atoms with van der Waals surface area (Å²) in [7, 11) is 1.68. The summed E-state index contributed by atoms with van der Waals surface area (Å²) in [6, 6.07) is 4.77. The second-order valence-corrected chi connectivity index (χ2v) is 5.79. The van der Waals surface area contributed by atoms with E-state index in [0.29, 0.717) is 6.61 Å². The van der Waals surface area contributed by atoms with Crippen molar-refractivity contribution in [3.8, 4) is 0 Å². The zero-order valence-electron chi connectivity index (χ0n) is 11.5. The van der Waals surface area contributed by atoms with Crippen LogP contribution in [0.1, 0.15) is 12.5 Å². The summed E-state index contributed by atoms with van der Waals surface area (Å²) >= 11 is 3.46. The normalized spacial score (nSPS) is 14.1. The Hall–Kier alpha value is -0.710. The molecule has 0 radical (unpaired) electrons. The van der Waals surface area contributed by atoms with Crippen molar-refractivity contribution in [1.82, 2.24) is 5.32 Å². The Morgan fingerprint density at radius 3 is 2.89 bits per heavy atom. The molecule has 1 aromatic rings. The average molecular weight is 330 g/mol. The van der Waals surface area contributed by atoms with E-state index in [1.54, 1.807) is 19.2 Å². The minimum absolute atomic E-state index is 0.121. The summed E-state index contributed by atoms with van der Waals surface area (Å²) in [6.07, 6.45) is 2.65. The highest BCUT2D eigenvalue weighted by molar-refractivity contribution is 9.10. The quantitative estimate of drug-likeness (QED) is 0.581. The summed E-state index contributed by atoms with van der Waals surface area (Å²) in [6.45, 7) is 8.26. The molecule has 1 unspecified atom stereocenters. The second kappa shape index (κ2) is 7.78. The number of hydrogen-bond acceptors (Lipinski definition) is 2. The predicted molar refractivity (Wildman–Crippen MR) is 80.9 cm³/mol. The molecule has 106 valence electrons. The standard InChI is InChI=1S/C15H21BrFNO/c1-4-15(2,11-18-7-8-19-3)10-12-9-13(17)5-6-14(12)16/h4-6,9,18H,1,7-8,10-11H2,2-3H3. The minimum atomic E-state index is -0.211. The lowest BCUT2D eigenvalue weighted by molar-refractivity contribution is 0.195. The summed E-state index contributed by atoms with van der Waals surface area (Å²) < 4.78 is 19.2. The van der Waals surface area contributed by atoms with E-state index in [4.69, 9.17) is 4.74 Å². The van der Waals surface area contributed by atoms with Gasteiger partial charge in [0.05, 0.1) is 6.61 Å². The molecule has 0 spiro atoms. The van der Waals surface area contributed by atoms with Crippen molar-refractivity contribution in [1.29, 1.82) is 0 Å². The first kappa shape index (κ1) is 16.3. The lowest BCUT2D eigenvalue weighted by Gasteiger charge is -2.27. The van der Waals surface area contributed by atoms with Crippen molar-refractivity contribution in [2.75, 3.05) is 26.8 Å². The fourth-order valence-electron chi connectivity index (χ4n) is 1.87. The van der Waals surface area contributed by atoms with Crippen molar-refractivity contribution in [3.05, 3.63) is 46.7 Å². The van der Waals surface area contributed by atoms with E-state index in [1.807, 2.05) is 6.08 Å². The Morgan fingerprint density at radius 2 is 2.26 bits per heavy atom. The van der Waals surface area contributed by atoms with E-state index < -0.39 is 0 Å². The van der Waals surface area contributed by atoms with Gasteiger partial charge in [0, 0.05) is 30.1 Å². The molecule has 1 rings (SSSR count). The minimum Gasteiger partial charge on any atom is -0.383 e. The number of ether oxygens (including phenoxy) is 1. The topological polar surface area (TPSA) is 21.3 Å². The smallest absolute Gasteiger partial charge is 0.123 e. The maximum Gasteiger partial charge on any atom is 0.123 e. The third-order valence-electron chi connectivity index (χ3n) is 3.11. The van der Waals surface area contributed by atoms with Crippen LogP contribution < -0.4 is 5.32 Å². The van der Waals surface area contributed by atoms with Gasteiger partial charge in [-0.05, 0) is 30.2 Å². The van der Waals surface area contributed by atoms with Gasteiger partial charge in [0.1, 0.15) is 5.82 Å². The molecule has 0 aromatic heterocycles. The van der Waals surface area contributed by atoms with Gasteiger partial charge in [0.25, 0.3) is 0 Å². The zero-order valence-corrected chi connectivity index (χ0v) is 13.1. The monoisotopic (exact) mass is 329 g/mol. The van der Waals surface area contributed by atoms with Crippen LogP contribution in [0.15, 0.2) is 35.3 Å². The molecule has 1 N–H and O–H groups in total. The molecular weight excluding hydrogens is 309 g/mol. The molecule has 0 aliphatic heterocycles. The summed E-state index contributed by atoms with van der Waals surface area (Å²) in [5, 5.41) is 3.33. The van der Waals surface area contributed by atoms with Crippen LogP contribution in [0.5, 0.6) is 0 Å². The van der Waals surface area contributed by atoms with Crippen LogP contribution in [-0.4, -0.2) is 26.8 Å². The summed E-state index contributed by atoms with van der Waals surface area (Å²) in [4.78, 5) is 0. The first-order chi connectivity index (χ1) is 9.00. The molecular formula is C15H21BrFNO. The Balaban J connectivity index is 2.68. The van der Waals surface area contributed by atoms with Gasteiger partial charge in [-0.2, -0.15) is 0 Å². The van der Waals surface area contributed by atoms with Gasteiger partial charge in [0.15, 0.2) is 0 Å². The highest BCUT2D eigenvalue weighted by atomic mass is 79.9. The highest BCUT2D eigenvalue weighted by Gasteiger charge is 2.21. The van der Waals surface area contributed by atoms with Crippen molar-refractivity contribution >= 4 is 15.9 Å². The first-order valence-corrected chi connectivity index (χ1v) is 7.07. The summed E-state index contributed by atoms with van der Waals surface area (Å²) in [5.74, 6) is -0.211. The Kier molecular flexibility index (Phi) is 6.69.